The SMILES string of the molecule is CCCN(CC(=O)N(C)c1ccc(N)cc1)CC1CC1. The summed E-state index contributed by atoms with van der Waals surface area (Å²) in [5.74, 6) is 0.958. The van der Waals surface area contributed by atoms with Crippen LogP contribution in [0, 0.1) is 5.92 Å². The lowest BCUT2D eigenvalue weighted by Crippen LogP contribution is -2.39. The molecule has 1 aliphatic carbocycles. The Kier molecular flexibility index (Phi) is 5.01. The fourth-order valence-electron chi connectivity index (χ4n) is 2.36. The molecule has 0 atom stereocenters. The quantitative estimate of drug-likeness (QED) is 0.777. The van der Waals surface area contributed by atoms with E-state index in [4.69, 9.17) is 5.73 Å². The Labute approximate surface area is 121 Å². The lowest BCUT2D eigenvalue weighted by Gasteiger charge is -2.24. The van der Waals surface area contributed by atoms with Crippen LogP contribution in [-0.2, 0) is 4.79 Å². The van der Waals surface area contributed by atoms with Crippen molar-refractivity contribution >= 4 is 17.3 Å². The van der Waals surface area contributed by atoms with Crippen LogP contribution in [0.1, 0.15) is 26.2 Å². The van der Waals surface area contributed by atoms with Crippen LogP contribution in [0.15, 0.2) is 24.3 Å². The van der Waals surface area contributed by atoms with E-state index in [0.29, 0.717) is 6.54 Å². The number of rotatable bonds is 7. The summed E-state index contributed by atoms with van der Waals surface area (Å²) in [5, 5.41) is 0. The molecule has 0 unspecified atom stereocenters. The van der Waals surface area contributed by atoms with Crippen molar-refractivity contribution < 1.29 is 4.79 Å². The van der Waals surface area contributed by atoms with Crippen LogP contribution in [-0.4, -0.2) is 37.5 Å². The van der Waals surface area contributed by atoms with Crippen LogP contribution in [0.2, 0.25) is 0 Å². The average Bonchev–Trinajstić information content (AvgIpc) is 3.23. The van der Waals surface area contributed by atoms with Crippen molar-refractivity contribution in [3.8, 4) is 0 Å². The van der Waals surface area contributed by atoms with E-state index in [2.05, 4.69) is 11.8 Å². The molecule has 20 heavy (non-hydrogen) atoms. The van der Waals surface area contributed by atoms with Gasteiger partial charge in [0, 0.05) is 25.0 Å². The number of likely N-dealkylation sites (N-methyl/N-ethyl adjacent to an activating group) is 1. The highest BCUT2D eigenvalue weighted by Gasteiger charge is 2.25. The number of hydrogen-bond donors (Lipinski definition) is 1. The molecule has 4 heteroatoms. The number of nitrogens with zero attached hydrogens (tertiary/aromatic N) is 2. The van der Waals surface area contributed by atoms with E-state index in [9.17, 15) is 4.79 Å². The van der Waals surface area contributed by atoms with Crippen molar-refractivity contribution in [1.82, 2.24) is 4.90 Å². The zero-order valence-electron chi connectivity index (χ0n) is 12.5. The van der Waals surface area contributed by atoms with Gasteiger partial charge in [0.2, 0.25) is 5.91 Å². The van der Waals surface area contributed by atoms with E-state index in [1.54, 1.807) is 4.90 Å². The Morgan fingerprint density at radius 3 is 2.50 bits per heavy atom. The normalized spacial score (nSPS) is 14.6. The Hall–Kier alpha value is -1.55. The first-order chi connectivity index (χ1) is 9.60. The molecule has 0 saturated heterocycles. The number of hydrogen-bond acceptors (Lipinski definition) is 3. The van der Waals surface area contributed by atoms with Crippen molar-refractivity contribution in [1.29, 1.82) is 0 Å². The van der Waals surface area contributed by atoms with Crippen molar-refractivity contribution in [3.63, 3.8) is 0 Å². The second-order valence-corrected chi connectivity index (χ2v) is 5.72. The Morgan fingerprint density at radius 1 is 1.30 bits per heavy atom. The minimum absolute atomic E-state index is 0.142. The molecule has 2 rings (SSSR count). The van der Waals surface area contributed by atoms with Crippen molar-refractivity contribution in [2.75, 3.05) is 37.3 Å². The molecule has 1 aliphatic rings. The second kappa shape index (κ2) is 6.75. The van der Waals surface area contributed by atoms with Gasteiger partial charge in [0.1, 0.15) is 0 Å². The van der Waals surface area contributed by atoms with Crippen molar-refractivity contribution in [2.24, 2.45) is 5.92 Å². The van der Waals surface area contributed by atoms with Gasteiger partial charge in [0.15, 0.2) is 0 Å². The molecule has 1 aromatic carbocycles. The number of carbonyl (C=O) groups is 1. The average molecular weight is 275 g/mol. The third-order valence-electron chi connectivity index (χ3n) is 3.77. The number of carbonyl (C=O) groups excluding carboxylic acids is 1. The van der Waals surface area contributed by atoms with Crippen LogP contribution >= 0.6 is 0 Å². The zero-order chi connectivity index (χ0) is 14.5. The molecule has 1 aromatic rings. The Bertz CT molecular complexity index is 440. The Balaban J connectivity index is 1.92. The van der Waals surface area contributed by atoms with Crippen LogP contribution < -0.4 is 10.6 Å². The molecular formula is C16H25N3O. The summed E-state index contributed by atoms with van der Waals surface area (Å²) in [7, 11) is 1.83. The maximum absolute atomic E-state index is 12.4. The standard InChI is InChI=1S/C16H25N3O/c1-3-10-19(11-13-4-5-13)12-16(20)18(2)15-8-6-14(17)7-9-15/h6-9,13H,3-5,10-12,17H2,1-2H3. The smallest absolute Gasteiger partial charge is 0.240 e. The van der Waals surface area contributed by atoms with Crippen LogP contribution in [0.4, 0.5) is 11.4 Å². The van der Waals surface area contributed by atoms with E-state index in [1.165, 1.54) is 12.8 Å². The monoisotopic (exact) mass is 275 g/mol. The van der Waals surface area contributed by atoms with Gasteiger partial charge in [0.25, 0.3) is 0 Å². The molecule has 1 saturated carbocycles. The highest BCUT2D eigenvalue weighted by atomic mass is 16.2. The molecular weight excluding hydrogens is 250 g/mol. The van der Waals surface area contributed by atoms with E-state index >= 15 is 0 Å². The number of benzene rings is 1. The van der Waals surface area contributed by atoms with Crippen LogP contribution in [0.3, 0.4) is 0 Å². The summed E-state index contributed by atoms with van der Waals surface area (Å²) in [6.07, 6.45) is 3.73. The lowest BCUT2D eigenvalue weighted by molar-refractivity contribution is -0.119. The van der Waals surface area contributed by atoms with E-state index in [0.717, 1.165) is 36.8 Å². The first kappa shape index (κ1) is 14.9. The third-order valence-corrected chi connectivity index (χ3v) is 3.77. The van der Waals surface area contributed by atoms with Gasteiger partial charge in [-0.15, -0.1) is 0 Å². The number of anilines is 2. The molecule has 0 aromatic heterocycles. The maximum Gasteiger partial charge on any atom is 0.240 e. The number of nitrogens with two attached hydrogens (primary N) is 1. The predicted octanol–water partition coefficient (Wildman–Crippen LogP) is 2.35. The molecule has 2 N–H and O–H groups in total. The molecule has 1 amide bonds. The van der Waals surface area contributed by atoms with Gasteiger partial charge < -0.3 is 10.6 Å². The summed E-state index contributed by atoms with van der Waals surface area (Å²) in [5.41, 5.74) is 7.29. The van der Waals surface area contributed by atoms with Gasteiger partial charge >= 0.3 is 0 Å². The zero-order valence-corrected chi connectivity index (χ0v) is 12.5. The molecule has 110 valence electrons. The molecule has 0 bridgehead atoms. The van der Waals surface area contributed by atoms with Gasteiger partial charge in [-0.2, -0.15) is 0 Å². The fraction of sp³-hybridized carbons (Fsp3) is 0.562. The summed E-state index contributed by atoms with van der Waals surface area (Å²) in [6.45, 7) is 4.73. The summed E-state index contributed by atoms with van der Waals surface area (Å²) >= 11 is 0. The highest BCUT2D eigenvalue weighted by Crippen LogP contribution is 2.29. The maximum atomic E-state index is 12.4. The van der Waals surface area contributed by atoms with E-state index in [1.807, 2.05) is 31.3 Å². The van der Waals surface area contributed by atoms with Gasteiger partial charge in [-0.3, -0.25) is 9.69 Å². The molecule has 0 aliphatic heterocycles. The van der Waals surface area contributed by atoms with Crippen LogP contribution in [0.25, 0.3) is 0 Å². The first-order valence-electron chi connectivity index (χ1n) is 7.44. The molecule has 0 heterocycles. The van der Waals surface area contributed by atoms with Crippen molar-refractivity contribution in [3.05, 3.63) is 24.3 Å². The summed E-state index contributed by atoms with van der Waals surface area (Å²) < 4.78 is 0. The minimum atomic E-state index is 0.142. The van der Waals surface area contributed by atoms with Gasteiger partial charge in [-0.1, -0.05) is 6.92 Å². The molecule has 4 nitrogen and oxygen atoms in total. The number of amides is 1. The summed E-state index contributed by atoms with van der Waals surface area (Å²) in [4.78, 5) is 16.4. The van der Waals surface area contributed by atoms with E-state index in [-0.39, 0.29) is 5.91 Å². The predicted molar refractivity (Wildman–Crippen MR) is 83.7 cm³/mol. The van der Waals surface area contributed by atoms with E-state index < -0.39 is 0 Å². The van der Waals surface area contributed by atoms with Gasteiger partial charge in [0.05, 0.1) is 6.54 Å². The topological polar surface area (TPSA) is 49.6 Å². The first-order valence-corrected chi connectivity index (χ1v) is 7.44. The van der Waals surface area contributed by atoms with Gasteiger partial charge in [-0.25, -0.2) is 0 Å². The molecule has 0 radical (unpaired) electrons. The van der Waals surface area contributed by atoms with Crippen molar-refractivity contribution in [2.45, 2.75) is 26.2 Å². The molecule has 0 spiro atoms. The van der Waals surface area contributed by atoms with Crippen LogP contribution in [0.5, 0.6) is 0 Å². The fourth-order valence-corrected chi connectivity index (χ4v) is 2.36. The molecule has 1 fully saturated rings. The van der Waals surface area contributed by atoms with Gasteiger partial charge in [-0.05, 0) is 56.0 Å². The lowest BCUT2D eigenvalue weighted by atomic mass is 10.2. The minimum Gasteiger partial charge on any atom is -0.399 e. The highest BCUT2D eigenvalue weighted by molar-refractivity contribution is 5.94. The third kappa shape index (κ3) is 4.23. The largest absolute Gasteiger partial charge is 0.399 e. The summed E-state index contributed by atoms with van der Waals surface area (Å²) in [6, 6.07) is 7.43. The Morgan fingerprint density at radius 2 is 1.95 bits per heavy atom. The second-order valence-electron chi connectivity index (χ2n) is 5.72. The number of nitrogen functional groups attached to an aromatic ring is 1.